The molecule has 1 heterocycles. The molecule has 0 fully saturated rings. The topological polar surface area (TPSA) is 55.1 Å². The number of halogens is 4. The van der Waals surface area contributed by atoms with E-state index in [0.717, 1.165) is 16.6 Å². The molecule has 0 amide bonds. The fraction of sp³-hybridized carbons (Fsp3) is 0.0435. The van der Waals surface area contributed by atoms with E-state index >= 15 is 0 Å². The van der Waals surface area contributed by atoms with Gasteiger partial charge < -0.3 is 5.11 Å². The van der Waals surface area contributed by atoms with Crippen molar-refractivity contribution < 1.29 is 23.1 Å². The lowest BCUT2D eigenvalue weighted by Gasteiger charge is -2.09. The molecule has 4 nitrogen and oxygen atoms in total. The number of aromatic carboxylic acids is 1. The van der Waals surface area contributed by atoms with Crippen molar-refractivity contribution in [3.8, 4) is 28.2 Å². The lowest BCUT2D eigenvalue weighted by atomic mass is 10.0. The van der Waals surface area contributed by atoms with Crippen molar-refractivity contribution in [1.82, 2.24) is 9.78 Å². The first-order chi connectivity index (χ1) is 14.8. The maximum absolute atomic E-state index is 13.0. The summed E-state index contributed by atoms with van der Waals surface area (Å²) in [6.07, 6.45) is -4.49. The van der Waals surface area contributed by atoms with Crippen LogP contribution in [-0.2, 0) is 6.18 Å². The maximum Gasteiger partial charge on any atom is 0.416 e. The average molecular weight is 487 g/mol. The monoisotopic (exact) mass is 486 g/mol. The van der Waals surface area contributed by atoms with Crippen molar-refractivity contribution in [2.24, 2.45) is 0 Å². The summed E-state index contributed by atoms with van der Waals surface area (Å²) in [6, 6.07) is 20.3. The molecule has 156 valence electrons. The molecule has 0 aliphatic heterocycles. The van der Waals surface area contributed by atoms with Gasteiger partial charge in [0.2, 0.25) is 0 Å². The Morgan fingerprint density at radius 2 is 1.58 bits per heavy atom. The Bertz CT molecular complexity index is 1250. The third-order valence-electron chi connectivity index (χ3n) is 4.68. The number of carboxylic acid groups (broad SMARTS) is 1. The summed E-state index contributed by atoms with van der Waals surface area (Å²) in [5, 5.41) is 14.5. The SMILES string of the molecule is O=C(O)c1c(-c2ccc(C(F)(F)F)cc2)nn(-c2cccc(Br)c2)c1-c1ccccc1. The van der Waals surface area contributed by atoms with Crippen molar-refractivity contribution in [3.05, 3.63) is 94.5 Å². The smallest absolute Gasteiger partial charge is 0.416 e. The standard InChI is InChI=1S/C23H14BrF3N2O2/c24-17-7-4-8-18(13-17)29-21(15-5-2-1-3-6-15)19(22(30)31)20(28-29)14-9-11-16(12-10-14)23(25,26)27/h1-13H,(H,30,31). The highest BCUT2D eigenvalue weighted by Crippen LogP contribution is 2.36. The van der Waals surface area contributed by atoms with Gasteiger partial charge in [-0.25, -0.2) is 9.48 Å². The molecule has 0 spiro atoms. The molecular weight excluding hydrogens is 473 g/mol. The molecule has 0 unspecified atom stereocenters. The van der Waals surface area contributed by atoms with E-state index in [1.807, 2.05) is 6.07 Å². The molecular formula is C23H14BrF3N2O2. The van der Waals surface area contributed by atoms with Gasteiger partial charge in [-0.05, 0) is 30.3 Å². The van der Waals surface area contributed by atoms with E-state index < -0.39 is 17.7 Å². The van der Waals surface area contributed by atoms with Crippen molar-refractivity contribution in [1.29, 1.82) is 0 Å². The molecule has 0 aliphatic rings. The zero-order valence-corrected chi connectivity index (χ0v) is 17.4. The third kappa shape index (κ3) is 4.11. The Labute approximate surface area is 183 Å². The molecule has 0 atom stereocenters. The summed E-state index contributed by atoms with van der Waals surface area (Å²) >= 11 is 3.40. The highest BCUT2D eigenvalue weighted by Gasteiger charge is 2.31. The van der Waals surface area contributed by atoms with Crippen molar-refractivity contribution in [3.63, 3.8) is 0 Å². The minimum Gasteiger partial charge on any atom is -0.478 e. The molecule has 1 N–H and O–H groups in total. The zero-order valence-electron chi connectivity index (χ0n) is 15.8. The quantitative estimate of drug-likeness (QED) is 0.349. The van der Waals surface area contributed by atoms with Crippen LogP contribution in [0.25, 0.3) is 28.2 Å². The summed E-state index contributed by atoms with van der Waals surface area (Å²) in [4.78, 5) is 12.3. The van der Waals surface area contributed by atoms with E-state index in [9.17, 15) is 23.1 Å². The molecule has 0 saturated heterocycles. The predicted molar refractivity (Wildman–Crippen MR) is 114 cm³/mol. The Balaban J connectivity index is 2.00. The predicted octanol–water partition coefficient (Wildman–Crippen LogP) is 6.69. The van der Waals surface area contributed by atoms with Gasteiger partial charge in [-0.15, -0.1) is 0 Å². The van der Waals surface area contributed by atoms with Crippen LogP contribution in [0.1, 0.15) is 15.9 Å². The number of carboxylic acids is 1. The number of rotatable bonds is 4. The molecule has 4 aromatic rings. The summed E-state index contributed by atoms with van der Waals surface area (Å²) in [5.41, 5.74) is 1.01. The second-order valence-electron chi connectivity index (χ2n) is 6.71. The molecule has 1 aromatic heterocycles. The van der Waals surface area contributed by atoms with Gasteiger partial charge in [0, 0.05) is 15.6 Å². The van der Waals surface area contributed by atoms with Gasteiger partial charge >= 0.3 is 12.1 Å². The number of hydrogen-bond acceptors (Lipinski definition) is 2. The molecule has 4 rings (SSSR count). The summed E-state index contributed by atoms with van der Waals surface area (Å²) in [7, 11) is 0. The minimum absolute atomic E-state index is 0.0834. The lowest BCUT2D eigenvalue weighted by Crippen LogP contribution is -2.04. The van der Waals surface area contributed by atoms with Crippen LogP contribution < -0.4 is 0 Å². The van der Waals surface area contributed by atoms with Gasteiger partial charge in [0.05, 0.1) is 16.9 Å². The molecule has 0 aliphatic carbocycles. The van der Waals surface area contributed by atoms with Crippen LogP contribution in [0.4, 0.5) is 13.2 Å². The van der Waals surface area contributed by atoms with Crippen LogP contribution in [0.15, 0.2) is 83.3 Å². The largest absolute Gasteiger partial charge is 0.478 e. The Morgan fingerprint density at radius 3 is 2.16 bits per heavy atom. The van der Waals surface area contributed by atoms with Crippen LogP contribution in [0.3, 0.4) is 0 Å². The molecule has 0 radical (unpaired) electrons. The minimum atomic E-state index is -4.49. The molecule has 3 aromatic carbocycles. The summed E-state index contributed by atoms with van der Waals surface area (Å²) in [5.74, 6) is -1.23. The van der Waals surface area contributed by atoms with E-state index in [1.165, 1.54) is 16.8 Å². The zero-order chi connectivity index (χ0) is 22.2. The van der Waals surface area contributed by atoms with E-state index in [0.29, 0.717) is 16.9 Å². The van der Waals surface area contributed by atoms with Crippen LogP contribution in [0.2, 0.25) is 0 Å². The first-order valence-electron chi connectivity index (χ1n) is 9.11. The van der Waals surface area contributed by atoms with Crippen molar-refractivity contribution in [2.45, 2.75) is 6.18 Å². The Morgan fingerprint density at radius 1 is 0.903 bits per heavy atom. The van der Waals surface area contributed by atoms with Gasteiger partial charge in [-0.1, -0.05) is 64.5 Å². The maximum atomic E-state index is 13.0. The van der Waals surface area contributed by atoms with Crippen molar-refractivity contribution >= 4 is 21.9 Å². The summed E-state index contributed by atoms with van der Waals surface area (Å²) < 4.78 is 41.1. The highest BCUT2D eigenvalue weighted by atomic mass is 79.9. The van der Waals surface area contributed by atoms with Gasteiger partial charge in [0.25, 0.3) is 0 Å². The second-order valence-corrected chi connectivity index (χ2v) is 7.63. The van der Waals surface area contributed by atoms with Gasteiger partial charge in [0.15, 0.2) is 0 Å². The second kappa shape index (κ2) is 8.03. The third-order valence-corrected chi connectivity index (χ3v) is 5.18. The van der Waals surface area contributed by atoms with Crippen LogP contribution >= 0.6 is 15.9 Å². The normalized spacial score (nSPS) is 11.5. The Kier molecular flexibility index (Phi) is 5.41. The fourth-order valence-electron chi connectivity index (χ4n) is 3.30. The van der Waals surface area contributed by atoms with E-state index in [-0.39, 0.29) is 16.8 Å². The number of alkyl halides is 3. The van der Waals surface area contributed by atoms with E-state index in [4.69, 9.17) is 0 Å². The van der Waals surface area contributed by atoms with Crippen LogP contribution in [0.5, 0.6) is 0 Å². The fourth-order valence-corrected chi connectivity index (χ4v) is 3.68. The number of aromatic nitrogens is 2. The van der Waals surface area contributed by atoms with Crippen LogP contribution in [0, 0.1) is 0 Å². The molecule has 31 heavy (non-hydrogen) atoms. The van der Waals surface area contributed by atoms with Crippen LogP contribution in [-0.4, -0.2) is 20.9 Å². The number of hydrogen-bond donors (Lipinski definition) is 1. The lowest BCUT2D eigenvalue weighted by molar-refractivity contribution is -0.137. The number of carbonyl (C=O) groups is 1. The number of nitrogens with zero attached hydrogens (tertiary/aromatic N) is 2. The van der Waals surface area contributed by atoms with Gasteiger partial charge in [-0.2, -0.15) is 18.3 Å². The summed E-state index contributed by atoms with van der Waals surface area (Å²) in [6.45, 7) is 0. The molecule has 0 bridgehead atoms. The average Bonchev–Trinajstić information content (AvgIpc) is 3.15. The first kappa shape index (κ1) is 20.9. The molecule has 0 saturated carbocycles. The van der Waals surface area contributed by atoms with Crippen molar-refractivity contribution in [2.75, 3.05) is 0 Å². The first-order valence-corrected chi connectivity index (χ1v) is 9.90. The van der Waals surface area contributed by atoms with Gasteiger partial charge in [-0.3, -0.25) is 0 Å². The van der Waals surface area contributed by atoms with E-state index in [2.05, 4.69) is 21.0 Å². The molecule has 8 heteroatoms. The van der Waals surface area contributed by atoms with Gasteiger partial charge in [0.1, 0.15) is 11.3 Å². The highest BCUT2D eigenvalue weighted by molar-refractivity contribution is 9.10. The van der Waals surface area contributed by atoms with E-state index in [1.54, 1.807) is 48.5 Å². The number of benzene rings is 3. The Hall–Kier alpha value is -3.39.